The molecule has 1 saturated heterocycles. The molecule has 0 radical (unpaired) electrons. The molecule has 3 rings (SSSR count). The van der Waals surface area contributed by atoms with Crippen molar-refractivity contribution >= 4 is 6.09 Å². The third-order valence-corrected chi connectivity index (χ3v) is 4.58. The number of carboxylic acid groups (broad SMARTS) is 1. The fourth-order valence-electron chi connectivity index (χ4n) is 3.32. The molecule has 1 fully saturated rings. The molecule has 0 saturated carbocycles. The number of nitrogens with zero attached hydrogens (tertiary/aromatic N) is 1. The molecule has 0 bridgehead atoms. The Kier molecular flexibility index (Phi) is 5.01. The second-order valence-electron chi connectivity index (χ2n) is 6.11. The third-order valence-electron chi connectivity index (χ3n) is 4.58. The number of benzene rings is 2. The van der Waals surface area contributed by atoms with Gasteiger partial charge in [-0.15, -0.1) is 0 Å². The van der Waals surface area contributed by atoms with Crippen molar-refractivity contribution in [2.45, 2.75) is 12.3 Å². The summed E-state index contributed by atoms with van der Waals surface area (Å²) in [6.45, 7) is 1.62. The Balaban J connectivity index is 1.75. The molecule has 126 valence electrons. The standard InChI is InChI=1S/C19H22N2O3/c20-12-18(15-9-10-21(13-15)19(22)23)14-5-4-8-17(11-14)24-16-6-2-1-3-7-16/h1-8,11,15,18H,9-10,12-13,20H2,(H,22,23). The van der Waals surface area contributed by atoms with Crippen LogP contribution in [0.3, 0.4) is 0 Å². The summed E-state index contributed by atoms with van der Waals surface area (Å²) in [5.74, 6) is 1.94. The molecule has 1 heterocycles. The van der Waals surface area contributed by atoms with Crippen LogP contribution in [0.1, 0.15) is 17.9 Å². The first-order valence-corrected chi connectivity index (χ1v) is 8.18. The van der Waals surface area contributed by atoms with E-state index < -0.39 is 6.09 Å². The smallest absolute Gasteiger partial charge is 0.407 e. The van der Waals surface area contributed by atoms with Gasteiger partial charge in [-0.25, -0.2) is 4.79 Å². The highest BCUT2D eigenvalue weighted by atomic mass is 16.5. The number of amides is 1. The number of nitrogens with two attached hydrogens (primary N) is 1. The van der Waals surface area contributed by atoms with E-state index in [1.807, 2.05) is 54.6 Å². The van der Waals surface area contributed by atoms with Crippen molar-refractivity contribution in [3.8, 4) is 11.5 Å². The van der Waals surface area contributed by atoms with E-state index in [1.54, 1.807) is 0 Å². The second-order valence-corrected chi connectivity index (χ2v) is 6.11. The van der Waals surface area contributed by atoms with Gasteiger partial charge in [0.25, 0.3) is 0 Å². The van der Waals surface area contributed by atoms with Crippen LogP contribution >= 0.6 is 0 Å². The summed E-state index contributed by atoms with van der Waals surface area (Å²) in [5.41, 5.74) is 7.10. The summed E-state index contributed by atoms with van der Waals surface area (Å²) in [5, 5.41) is 9.14. The largest absolute Gasteiger partial charge is 0.465 e. The van der Waals surface area contributed by atoms with Gasteiger partial charge in [-0.3, -0.25) is 0 Å². The van der Waals surface area contributed by atoms with Crippen molar-refractivity contribution in [2.24, 2.45) is 11.7 Å². The number of rotatable bonds is 5. The molecule has 5 nitrogen and oxygen atoms in total. The van der Waals surface area contributed by atoms with Crippen LogP contribution < -0.4 is 10.5 Å². The van der Waals surface area contributed by atoms with Crippen LogP contribution in [0.15, 0.2) is 54.6 Å². The first kappa shape index (κ1) is 16.3. The van der Waals surface area contributed by atoms with Crippen molar-refractivity contribution in [1.82, 2.24) is 4.90 Å². The van der Waals surface area contributed by atoms with Gasteiger partial charge in [0.05, 0.1) is 0 Å². The van der Waals surface area contributed by atoms with Gasteiger partial charge in [-0.05, 0) is 48.7 Å². The van der Waals surface area contributed by atoms with Crippen LogP contribution in [0.25, 0.3) is 0 Å². The number of hydrogen-bond acceptors (Lipinski definition) is 3. The van der Waals surface area contributed by atoms with Crippen molar-refractivity contribution in [3.05, 3.63) is 60.2 Å². The molecule has 2 unspecified atom stereocenters. The van der Waals surface area contributed by atoms with Crippen molar-refractivity contribution in [2.75, 3.05) is 19.6 Å². The van der Waals surface area contributed by atoms with E-state index in [4.69, 9.17) is 15.6 Å². The number of ether oxygens (including phenoxy) is 1. The molecule has 2 aromatic carbocycles. The predicted molar refractivity (Wildman–Crippen MR) is 92.5 cm³/mol. The lowest BCUT2D eigenvalue weighted by molar-refractivity contribution is 0.153. The van der Waals surface area contributed by atoms with E-state index in [1.165, 1.54) is 4.90 Å². The lowest BCUT2D eigenvalue weighted by Crippen LogP contribution is -2.29. The van der Waals surface area contributed by atoms with Crippen LogP contribution in [0.4, 0.5) is 4.79 Å². The number of hydrogen-bond donors (Lipinski definition) is 2. The van der Waals surface area contributed by atoms with Crippen LogP contribution in [-0.4, -0.2) is 35.7 Å². The lowest BCUT2D eigenvalue weighted by atomic mass is 9.85. The first-order chi connectivity index (χ1) is 11.7. The Morgan fingerprint density at radius 1 is 1.21 bits per heavy atom. The molecule has 5 heteroatoms. The predicted octanol–water partition coefficient (Wildman–Crippen LogP) is 3.52. The summed E-state index contributed by atoms with van der Waals surface area (Å²) >= 11 is 0. The Morgan fingerprint density at radius 2 is 1.96 bits per heavy atom. The summed E-state index contributed by atoms with van der Waals surface area (Å²) < 4.78 is 5.89. The molecule has 2 atom stereocenters. The van der Waals surface area contributed by atoms with Crippen molar-refractivity contribution in [1.29, 1.82) is 0 Å². The van der Waals surface area contributed by atoms with E-state index in [2.05, 4.69) is 0 Å². The Bertz CT molecular complexity index is 690. The summed E-state index contributed by atoms with van der Waals surface area (Å²) in [6, 6.07) is 17.6. The zero-order valence-corrected chi connectivity index (χ0v) is 13.5. The Labute approximate surface area is 141 Å². The molecular formula is C19H22N2O3. The van der Waals surface area contributed by atoms with E-state index in [0.29, 0.717) is 19.6 Å². The van der Waals surface area contributed by atoms with Crippen molar-refractivity contribution < 1.29 is 14.6 Å². The topological polar surface area (TPSA) is 75.8 Å². The lowest BCUT2D eigenvalue weighted by Gasteiger charge is -2.23. The fourth-order valence-corrected chi connectivity index (χ4v) is 3.32. The average Bonchev–Trinajstić information content (AvgIpc) is 3.07. The highest BCUT2D eigenvalue weighted by Gasteiger charge is 2.32. The maximum atomic E-state index is 11.1. The van der Waals surface area contributed by atoms with E-state index in [-0.39, 0.29) is 11.8 Å². The van der Waals surface area contributed by atoms with Gasteiger partial charge < -0.3 is 20.5 Å². The van der Waals surface area contributed by atoms with Gasteiger partial charge in [0.1, 0.15) is 11.5 Å². The molecule has 1 amide bonds. The summed E-state index contributed by atoms with van der Waals surface area (Å²) in [7, 11) is 0. The van der Waals surface area contributed by atoms with Gasteiger partial charge in [-0.2, -0.15) is 0 Å². The maximum absolute atomic E-state index is 11.1. The SMILES string of the molecule is NCC(c1cccc(Oc2ccccc2)c1)C1CCN(C(=O)O)C1. The molecule has 3 N–H and O–H groups in total. The summed E-state index contributed by atoms with van der Waals surface area (Å²) in [6.07, 6.45) is -0.00720. The summed E-state index contributed by atoms with van der Waals surface area (Å²) in [4.78, 5) is 12.6. The van der Waals surface area contributed by atoms with Gasteiger partial charge in [0.2, 0.25) is 0 Å². The van der Waals surface area contributed by atoms with Crippen LogP contribution in [-0.2, 0) is 0 Å². The first-order valence-electron chi connectivity index (χ1n) is 8.18. The normalized spacial score (nSPS) is 18.4. The van der Waals surface area contributed by atoms with Crippen LogP contribution in [0, 0.1) is 5.92 Å². The van der Waals surface area contributed by atoms with Gasteiger partial charge >= 0.3 is 6.09 Å². The minimum Gasteiger partial charge on any atom is -0.465 e. The minimum absolute atomic E-state index is 0.133. The Morgan fingerprint density at radius 3 is 2.62 bits per heavy atom. The maximum Gasteiger partial charge on any atom is 0.407 e. The fraction of sp³-hybridized carbons (Fsp3) is 0.316. The number of likely N-dealkylation sites (tertiary alicyclic amines) is 1. The van der Waals surface area contributed by atoms with Crippen LogP contribution in [0.5, 0.6) is 11.5 Å². The molecule has 1 aliphatic rings. The molecule has 1 aliphatic heterocycles. The quantitative estimate of drug-likeness (QED) is 0.881. The van der Waals surface area contributed by atoms with E-state index in [9.17, 15) is 4.79 Å². The second kappa shape index (κ2) is 7.36. The van der Waals surface area contributed by atoms with Crippen LogP contribution in [0.2, 0.25) is 0 Å². The van der Waals surface area contributed by atoms with E-state index in [0.717, 1.165) is 23.5 Å². The molecular weight excluding hydrogens is 304 g/mol. The monoisotopic (exact) mass is 326 g/mol. The van der Waals surface area contributed by atoms with Crippen molar-refractivity contribution in [3.63, 3.8) is 0 Å². The molecule has 0 aliphatic carbocycles. The average molecular weight is 326 g/mol. The molecule has 0 spiro atoms. The van der Waals surface area contributed by atoms with E-state index >= 15 is 0 Å². The molecule has 2 aromatic rings. The molecule has 24 heavy (non-hydrogen) atoms. The highest BCUT2D eigenvalue weighted by molar-refractivity contribution is 5.65. The zero-order valence-electron chi connectivity index (χ0n) is 13.5. The Hall–Kier alpha value is -2.53. The minimum atomic E-state index is -0.852. The van der Waals surface area contributed by atoms with Gasteiger partial charge in [0, 0.05) is 19.0 Å². The zero-order chi connectivity index (χ0) is 16.9. The highest BCUT2D eigenvalue weighted by Crippen LogP contribution is 2.33. The number of carbonyl (C=O) groups is 1. The molecule has 0 aromatic heterocycles. The van der Waals surface area contributed by atoms with Gasteiger partial charge in [0.15, 0.2) is 0 Å². The number of para-hydroxylation sites is 1. The van der Waals surface area contributed by atoms with Gasteiger partial charge in [-0.1, -0.05) is 30.3 Å². The third kappa shape index (κ3) is 3.68.